The van der Waals surface area contributed by atoms with Crippen molar-refractivity contribution >= 4 is 23.0 Å². The van der Waals surface area contributed by atoms with Crippen molar-refractivity contribution in [2.45, 2.75) is 13.5 Å². The summed E-state index contributed by atoms with van der Waals surface area (Å²) in [5.41, 5.74) is 2.62. The zero-order chi connectivity index (χ0) is 15.4. The van der Waals surface area contributed by atoms with Gasteiger partial charge in [0.25, 0.3) is 5.69 Å². The van der Waals surface area contributed by atoms with Gasteiger partial charge in [-0.2, -0.15) is 0 Å². The second-order valence-corrected chi connectivity index (χ2v) is 4.99. The van der Waals surface area contributed by atoms with E-state index in [-0.39, 0.29) is 5.69 Å². The minimum Gasteiger partial charge on any atom is -0.495 e. The fourth-order valence-corrected chi connectivity index (χ4v) is 2.10. The molecule has 0 spiro atoms. The van der Waals surface area contributed by atoms with E-state index < -0.39 is 4.92 Å². The normalized spacial score (nSPS) is 10.2. The Bertz CT molecular complexity index is 674. The van der Waals surface area contributed by atoms with Crippen molar-refractivity contribution in [3.63, 3.8) is 0 Å². The Morgan fingerprint density at radius 2 is 2.10 bits per heavy atom. The third-order valence-corrected chi connectivity index (χ3v) is 3.49. The molecule has 0 fully saturated rings. The number of nitrogens with zero attached hydrogens (tertiary/aromatic N) is 1. The maximum atomic E-state index is 10.8. The molecule has 0 aromatic heterocycles. The molecular formula is C15H15ClN2O3. The lowest BCUT2D eigenvalue weighted by Crippen LogP contribution is -2.02. The maximum Gasteiger partial charge on any atom is 0.269 e. The van der Waals surface area contributed by atoms with E-state index in [4.69, 9.17) is 16.3 Å². The molecule has 0 radical (unpaired) electrons. The average molecular weight is 307 g/mol. The van der Waals surface area contributed by atoms with Gasteiger partial charge >= 0.3 is 0 Å². The molecule has 0 bridgehead atoms. The molecule has 0 aliphatic carbocycles. The highest BCUT2D eigenvalue weighted by Gasteiger charge is 2.08. The quantitative estimate of drug-likeness (QED) is 0.665. The molecule has 21 heavy (non-hydrogen) atoms. The number of aryl methyl sites for hydroxylation is 1. The van der Waals surface area contributed by atoms with E-state index in [1.807, 2.05) is 19.1 Å². The largest absolute Gasteiger partial charge is 0.495 e. The smallest absolute Gasteiger partial charge is 0.269 e. The first-order valence-electron chi connectivity index (χ1n) is 6.32. The Morgan fingerprint density at radius 3 is 2.76 bits per heavy atom. The Morgan fingerprint density at radius 1 is 1.33 bits per heavy atom. The van der Waals surface area contributed by atoms with Crippen LogP contribution in [0.1, 0.15) is 11.1 Å². The minimum atomic E-state index is -0.406. The molecule has 110 valence electrons. The van der Waals surface area contributed by atoms with Crippen LogP contribution in [0.15, 0.2) is 36.4 Å². The van der Waals surface area contributed by atoms with Gasteiger partial charge in [0.15, 0.2) is 0 Å². The number of halogens is 1. The standard InChI is InChI=1S/C15H15ClN2O3/c1-10-6-14(15(21-2)8-13(10)16)17-9-11-4-3-5-12(7-11)18(19)20/h3-8,17H,9H2,1-2H3. The van der Waals surface area contributed by atoms with Crippen LogP contribution < -0.4 is 10.1 Å². The van der Waals surface area contributed by atoms with Gasteiger partial charge in [0.05, 0.1) is 17.7 Å². The molecule has 0 atom stereocenters. The van der Waals surface area contributed by atoms with Gasteiger partial charge in [0, 0.05) is 29.8 Å². The lowest BCUT2D eigenvalue weighted by atomic mass is 10.1. The Labute approximate surface area is 127 Å². The summed E-state index contributed by atoms with van der Waals surface area (Å²) in [7, 11) is 1.57. The van der Waals surface area contributed by atoms with Crippen molar-refractivity contribution in [3.8, 4) is 5.75 Å². The number of anilines is 1. The van der Waals surface area contributed by atoms with E-state index in [9.17, 15) is 10.1 Å². The summed E-state index contributed by atoms with van der Waals surface area (Å²) in [5, 5.41) is 14.6. The molecule has 0 saturated heterocycles. The number of benzene rings is 2. The van der Waals surface area contributed by atoms with Gasteiger partial charge in [-0.25, -0.2) is 0 Å². The molecule has 0 amide bonds. The summed E-state index contributed by atoms with van der Waals surface area (Å²) < 4.78 is 5.28. The number of nitrogens with one attached hydrogen (secondary N) is 1. The number of non-ortho nitro benzene ring substituents is 1. The monoisotopic (exact) mass is 306 g/mol. The van der Waals surface area contributed by atoms with Gasteiger partial charge in [-0.3, -0.25) is 10.1 Å². The van der Waals surface area contributed by atoms with Crippen molar-refractivity contribution in [1.29, 1.82) is 0 Å². The average Bonchev–Trinajstić information content (AvgIpc) is 2.48. The van der Waals surface area contributed by atoms with Gasteiger partial charge in [0.2, 0.25) is 0 Å². The fraction of sp³-hybridized carbons (Fsp3) is 0.200. The van der Waals surface area contributed by atoms with Gasteiger partial charge in [-0.15, -0.1) is 0 Å². The second kappa shape index (κ2) is 6.45. The zero-order valence-electron chi connectivity index (χ0n) is 11.7. The molecule has 0 aliphatic heterocycles. The van der Waals surface area contributed by atoms with E-state index >= 15 is 0 Å². The molecular weight excluding hydrogens is 292 g/mol. The van der Waals surface area contributed by atoms with Gasteiger partial charge in [0.1, 0.15) is 5.75 Å². The van der Waals surface area contributed by atoms with E-state index in [1.54, 1.807) is 25.3 Å². The van der Waals surface area contributed by atoms with Crippen molar-refractivity contribution in [3.05, 3.63) is 62.7 Å². The molecule has 0 unspecified atom stereocenters. The van der Waals surface area contributed by atoms with Crippen molar-refractivity contribution in [2.24, 2.45) is 0 Å². The van der Waals surface area contributed by atoms with E-state index in [2.05, 4.69) is 5.32 Å². The van der Waals surface area contributed by atoms with Gasteiger partial charge < -0.3 is 10.1 Å². The Kier molecular flexibility index (Phi) is 4.65. The molecule has 2 aromatic rings. The number of ether oxygens (including phenoxy) is 1. The highest BCUT2D eigenvalue weighted by molar-refractivity contribution is 6.31. The van der Waals surface area contributed by atoms with Crippen molar-refractivity contribution in [1.82, 2.24) is 0 Å². The van der Waals surface area contributed by atoms with Crippen LogP contribution in [-0.4, -0.2) is 12.0 Å². The maximum absolute atomic E-state index is 10.8. The highest BCUT2D eigenvalue weighted by Crippen LogP contribution is 2.31. The summed E-state index contributed by atoms with van der Waals surface area (Å²) in [4.78, 5) is 10.4. The summed E-state index contributed by atoms with van der Waals surface area (Å²) in [6.45, 7) is 2.36. The van der Waals surface area contributed by atoms with Crippen molar-refractivity contribution in [2.75, 3.05) is 12.4 Å². The molecule has 0 aliphatic rings. The first kappa shape index (κ1) is 15.1. The minimum absolute atomic E-state index is 0.0774. The molecule has 0 saturated carbocycles. The third-order valence-electron chi connectivity index (χ3n) is 3.09. The molecule has 2 rings (SSSR count). The number of methoxy groups -OCH3 is 1. The molecule has 0 heterocycles. The first-order valence-corrected chi connectivity index (χ1v) is 6.70. The summed E-state index contributed by atoms with van der Waals surface area (Å²) in [5.74, 6) is 0.635. The number of rotatable bonds is 5. The van der Waals surface area contributed by atoms with Crippen LogP contribution in [0.4, 0.5) is 11.4 Å². The Hall–Kier alpha value is -2.27. The summed E-state index contributed by atoms with van der Waals surface area (Å²) in [6.07, 6.45) is 0. The molecule has 6 heteroatoms. The molecule has 1 N–H and O–H groups in total. The van der Waals surface area contributed by atoms with Crippen LogP contribution in [0.25, 0.3) is 0 Å². The predicted molar refractivity (Wildman–Crippen MR) is 83.2 cm³/mol. The SMILES string of the molecule is COc1cc(Cl)c(C)cc1NCc1cccc([N+](=O)[O-])c1. The van der Waals surface area contributed by atoms with Crippen LogP contribution in [0.3, 0.4) is 0 Å². The lowest BCUT2D eigenvalue weighted by molar-refractivity contribution is -0.384. The lowest BCUT2D eigenvalue weighted by Gasteiger charge is -2.13. The van der Waals surface area contributed by atoms with Crippen LogP contribution in [-0.2, 0) is 6.54 Å². The first-order chi connectivity index (χ1) is 10.0. The molecule has 2 aromatic carbocycles. The van der Waals surface area contributed by atoms with Crippen LogP contribution in [0.5, 0.6) is 5.75 Å². The van der Waals surface area contributed by atoms with Crippen LogP contribution in [0.2, 0.25) is 5.02 Å². The molecule has 5 nitrogen and oxygen atoms in total. The fourth-order valence-electron chi connectivity index (χ4n) is 1.95. The third kappa shape index (κ3) is 3.64. The summed E-state index contributed by atoms with van der Waals surface area (Å²) >= 11 is 6.05. The number of hydrogen-bond acceptors (Lipinski definition) is 4. The number of hydrogen-bond donors (Lipinski definition) is 1. The van der Waals surface area contributed by atoms with Crippen molar-refractivity contribution < 1.29 is 9.66 Å². The van der Waals surface area contributed by atoms with E-state index in [0.717, 1.165) is 16.8 Å². The van der Waals surface area contributed by atoms with E-state index in [1.165, 1.54) is 6.07 Å². The van der Waals surface area contributed by atoms with Crippen LogP contribution in [0, 0.1) is 17.0 Å². The zero-order valence-corrected chi connectivity index (χ0v) is 12.5. The second-order valence-electron chi connectivity index (χ2n) is 4.58. The predicted octanol–water partition coefficient (Wildman–Crippen LogP) is 4.18. The Balaban J connectivity index is 2.18. The topological polar surface area (TPSA) is 64.4 Å². The van der Waals surface area contributed by atoms with E-state index in [0.29, 0.717) is 17.3 Å². The number of nitro benzene ring substituents is 1. The highest BCUT2D eigenvalue weighted by atomic mass is 35.5. The summed E-state index contributed by atoms with van der Waals surface area (Å²) in [6, 6.07) is 10.1. The van der Waals surface area contributed by atoms with Gasteiger partial charge in [-0.05, 0) is 24.1 Å². The van der Waals surface area contributed by atoms with Gasteiger partial charge in [-0.1, -0.05) is 23.7 Å². The number of nitro groups is 1. The van der Waals surface area contributed by atoms with Crippen LogP contribution >= 0.6 is 11.6 Å².